The molecule has 0 unspecified atom stereocenters. The van der Waals surface area contributed by atoms with E-state index in [9.17, 15) is 13.2 Å². The fourth-order valence-corrected chi connectivity index (χ4v) is 1.45. The van der Waals surface area contributed by atoms with Crippen LogP contribution in [0.4, 0.5) is 0 Å². The van der Waals surface area contributed by atoms with Crippen molar-refractivity contribution in [1.82, 2.24) is 4.72 Å². The molecule has 0 aliphatic heterocycles. The van der Waals surface area contributed by atoms with Gasteiger partial charge in [-0.15, -0.1) is 0 Å². The first kappa shape index (κ1) is 10.5. The Morgan fingerprint density at radius 1 is 1.31 bits per heavy atom. The molecule has 0 aromatic heterocycles. The second kappa shape index (κ2) is 2.97. The van der Waals surface area contributed by atoms with E-state index in [4.69, 9.17) is 0 Å². The van der Waals surface area contributed by atoms with Crippen LogP contribution in [0.5, 0.6) is 0 Å². The SMILES string of the molecule is CC(C)(C)S(=O)(=O)NC(=O)C1CC1. The first-order chi connectivity index (χ1) is 5.74. The lowest BCUT2D eigenvalue weighted by Gasteiger charge is -2.19. The molecule has 0 saturated heterocycles. The molecule has 1 rings (SSSR count). The molecule has 1 aliphatic rings. The molecule has 76 valence electrons. The second-order valence-electron chi connectivity index (χ2n) is 4.36. The zero-order valence-corrected chi connectivity index (χ0v) is 8.94. The molecule has 0 heterocycles. The summed E-state index contributed by atoms with van der Waals surface area (Å²) in [6.45, 7) is 4.69. The highest BCUT2D eigenvalue weighted by molar-refractivity contribution is 7.91. The first-order valence-electron chi connectivity index (χ1n) is 4.30. The van der Waals surface area contributed by atoms with Crippen LogP contribution in [0, 0.1) is 5.92 Å². The minimum Gasteiger partial charge on any atom is -0.274 e. The molecule has 1 N–H and O–H groups in total. The van der Waals surface area contributed by atoms with Crippen molar-refractivity contribution in [2.45, 2.75) is 38.4 Å². The van der Waals surface area contributed by atoms with Gasteiger partial charge in [-0.2, -0.15) is 0 Å². The van der Waals surface area contributed by atoms with Gasteiger partial charge >= 0.3 is 0 Å². The Kier molecular flexibility index (Phi) is 2.40. The summed E-state index contributed by atoms with van der Waals surface area (Å²) in [5.41, 5.74) is 0. The Hall–Kier alpha value is -0.580. The van der Waals surface area contributed by atoms with E-state index in [0.717, 1.165) is 12.8 Å². The highest BCUT2D eigenvalue weighted by atomic mass is 32.2. The summed E-state index contributed by atoms with van der Waals surface area (Å²) in [5, 5.41) is 0. The largest absolute Gasteiger partial charge is 0.274 e. The van der Waals surface area contributed by atoms with E-state index in [1.165, 1.54) is 0 Å². The normalized spacial score (nSPS) is 18.4. The van der Waals surface area contributed by atoms with Gasteiger partial charge in [0.2, 0.25) is 15.9 Å². The molecular weight excluding hydrogens is 190 g/mol. The molecule has 5 heteroatoms. The zero-order valence-electron chi connectivity index (χ0n) is 8.12. The van der Waals surface area contributed by atoms with Crippen LogP contribution in [0.1, 0.15) is 33.6 Å². The van der Waals surface area contributed by atoms with E-state index in [-0.39, 0.29) is 11.8 Å². The molecule has 1 saturated carbocycles. The predicted molar refractivity (Wildman–Crippen MR) is 49.5 cm³/mol. The third kappa shape index (κ3) is 2.43. The van der Waals surface area contributed by atoms with Crippen LogP contribution in [-0.2, 0) is 14.8 Å². The van der Waals surface area contributed by atoms with E-state index in [1.807, 2.05) is 0 Å². The van der Waals surface area contributed by atoms with E-state index in [1.54, 1.807) is 20.8 Å². The van der Waals surface area contributed by atoms with Crippen LogP contribution >= 0.6 is 0 Å². The second-order valence-corrected chi connectivity index (χ2v) is 6.79. The van der Waals surface area contributed by atoms with Crippen LogP contribution in [0.2, 0.25) is 0 Å². The Morgan fingerprint density at radius 3 is 2.08 bits per heavy atom. The molecule has 0 atom stereocenters. The van der Waals surface area contributed by atoms with Gasteiger partial charge in [-0.3, -0.25) is 9.52 Å². The molecule has 13 heavy (non-hydrogen) atoms. The van der Waals surface area contributed by atoms with Gasteiger partial charge in [0, 0.05) is 5.92 Å². The van der Waals surface area contributed by atoms with Gasteiger partial charge in [-0.05, 0) is 33.6 Å². The van der Waals surface area contributed by atoms with Crippen LogP contribution < -0.4 is 4.72 Å². The lowest BCUT2D eigenvalue weighted by molar-refractivity contribution is -0.120. The van der Waals surface area contributed by atoms with Crippen molar-refractivity contribution >= 4 is 15.9 Å². The van der Waals surface area contributed by atoms with Crippen LogP contribution in [0.25, 0.3) is 0 Å². The highest BCUT2D eigenvalue weighted by Crippen LogP contribution is 2.29. The quantitative estimate of drug-likeness (QED) is 0.719. The van der Waals surface area contributed by atoms with Crippen molar-refractivity contribution in [3.63, 3.8) is 0 Å². The van der Waals surface area contributed by atoms with E-state index in [2.05, 4.69) is 4.72 Å². The minimum absolute atomic E-state index is 0.0721. The third-order valence-electron chi connectivity index (χ3n) is 1.99. The maximum atomic E-state index is 11.5. The summed E-state index contributed by atoms with van der Waals surface area (Å²) in [7, 11) is -3.50. The summed E-state index contributed by atoms with van der Waals surface area (Å²) >= 11 is 0. The van der Waals surface area contributed by atoms with Crippen molar-refractivity contribution in [2.75, 3.05) is 0 Å². The smallest absolute Gasteiger partial charge is 0.239 e. The molecule has 1 fully saturated rings. The van der Waals surface area contributed by atoms with Gasteiger partial charge in [0.25, 0.3) is 0 Å². The number of carbonyl (C=O) groups is 1. The summed E-state index contributed by atoms with van der Waals surface area (Å²) < 4.78 is 24.1. The topological polar surface area (TPSA) is 63.2 Å². The zero-order chi connectivity index (χ0) is 10.3. The van der Waals surface area contributed by atoms with Crippen molar-refractivity contribution < 1.29 is 13.2 Å². The van der Waals surface area contributed by atoms with Gasteiger partial charge in [0.05, 0.1) is 4.75 Å². The number of sulfonamides is 1. The molecule has 0 aromatic rings. The fourth-order valence-electron chi connectivity index (χ4n) is 0.714. The van der Waals surface area contributed by atoms with Gasteiger partial charge in [-0.25, -0.2) is 8.42 Å². The van der Waals surface area contributed by atoms with Crippen molar-refractivity contribution in [2.24, 2.45) is 5.92 Å². The van der Waals surface area contributed by atoms with Gasteiger partial charge in [0.1, 0.15) is 0 Å². The molecule has 4 nitrogen and oxygen atoms in total. The summed E-state index contributed by atoms with van der Waals surface area (Å²) in [6.07, 6.45) is 1.62. The molecule has 1 aliphatic carbocycles. The highest BCUT2D eigenvalue weighted by Gasteiger charge is 2.36. The van der Waals surface area contributed by atoms with E-state index in [0.29, 0.717) is 0 Å². The molecule has 0 aromatic carbocycles. The average Bonchev–Trinajstić information content (AvgIpc) is 2.62. The predicted octanol–water partition coefficient (Wildman–Crippen LogP) is 0.641. The Balaban J connectivity index is 2.67. The minimum atomic E-state index is -3.50. The van der Waals surface area contributed by atoms with Crippen LogP contribution in [0.3, 0.4) is 0 Å². The van der Waals surface area contributed by atoms with E-state index >= 15 is 0 Å². The van der Waals surface area contributed by atoms with Crippen molar-refractivity contribution in [3.05, 3.63) is 0 Å². The van der Waals surface area contributed by atoms with Gasteiger partial charge in [-0.1, -0.05) is 0 Å². The molecule has 0 radical (unpaired) electrons. The molecular formula is C8H15NO3S. The lowest BCUT2D eigenvalue weighted by Crippen LogP contribution is -2.43. The monoisotopic (exact) mass is 205 g/mol. The molecule has 1 amide bonds. The van der Waals surface area contributed by atoms with Crippen molar-refractivity contribution in [1.29, 1.82) is 0 Å². The van der Waals surface area contributed by atoms with Gasteiger partial charge in [0.15, 0.2) is 0 Å². The van der Waals surface area contributed by atoms with Crippen molar-refractivity contribution in [3.8, 4) is 0 Å². The van der Waals surface area contributed by atoms with E-state index < -0.39 is 14.8 Å². The van der Waals surface area contributed by atoms with Crippen LogP contribution in [0.15, 0.2) is 0 Å². The third-order valence-corrected chi connectivity index (χ3v) is 4.07. The Bertz CT molecular complexity index is 309. The first-order valence-corrected chi connectivity index (χ1v) is 5.78. The number of amides is 1. The lowest BCUT2D eigenvalue weighted by atomic mass is 10.3. The Labute approximate surface area is 78.8 Å². The average molecular weight is 205 g/mol. The summed E-state index contributed by atoms with van der Waals surface area (Å²) in [5.74, 6) is -0.424. The molecule has 0 bridgehead atoms. The summed E-state index contributed by atoms with van der Waals surface area (Å²) in [4.78, 5) is 11.2. The number of hydrogen-bond acceptors (Lipinski definition) is 3. The number of hydrogen-bond donors (Lipinski definition) is 1. The van der Waals surface area contributed by atoms with Gasteiger partial charge < -0.3 is 0 Å². The number of rotatable bonds is 2. The maximum absolute atomic E-state index is 11.5. The number of nitrogens with one attached hydrogen (secondary N) is 1. The standard InChI is InChI=1S/C8H15NO3S/c1-8(2,3)13(11,12)9-7(10)6-4-5-6/h6H,4-5H2,1-3H3,(H,9,10). The fraction of sp³-hybridized carbons (Fsp3) is 0.875. The number of carbonyl (C=O) groups excluding carboxylic acids is 1. The maximum Gasteiger partial charge on any atom is 0.239 e. The van der Waals surface area contributed by atoms with Crippen LogP contribution in [-0.4, -0.2) is 19.1 Å². The molecule has 0 spiro atoms. The Morgan fingerprint density at radius 2 is 1.77 bits per heavy atom. The summed E-state index contributed by atoms with van der Waals surface area (Å²) in [6, 6.07) is 0.